The molecule has 3 heterocycles. The van der Waals surface area contributed by atoms with Crippen LogP contribution in [0.5, 0.6) is 17.2 Å². The zero-order valence-corrected chi connectivity index (χ0v) is 21.8. The van der Waals surface area contributed by atoms with E-state index in [9.17, 15) is 15.3 Å². The number of piperidine rings is 1. The summed E-state index contributed by atoms with van der Waals surface area (Å²) in [6, 6.07) is 19.8. The lowest BCUT2D eigenvalue weighted by Gasteiger charge is -2.63. The van der Waals surface area contributed by atoms with Crippen LogP contribution in [-0.4, -0.2) is 49.5 Å². The van der Waals surface area contributed by atoms with Gasteiger partial charge in [-0.15, -0.1) is 0 Å². The normalized spacial score (nSPS) is 30.2. The fraction of sp³-hybridized carbons (Fsp3) is 0.394. The molecule has 6 heteroatoms. The molecule has 3 aromatic carbocycles. The molecule has 4 aromatic rings. The summed E-state index contributed by atoms with van der Waals surface area (Å²) in [6.07, 6.45) is 4.19. The Hall–Kier alpha value is -3.48. The maximum Gasteiger partial charge on any atom is 0.166 e. The van der Waals surface area contributed by atoms with Gasteiger partial charge in [-0.05, 0) is 79.1 Å². The fourth-order valence-electron chi connectivity index (χ4n) is 8.78. The van der Waals surface area contributed by atoms with E-state index < -0.39 is 17.1 Å². The van der Waals surface area contributed by atoms with Crippen LogP contribution >= 0.6 is 0 Å². The van der Waals surface area contributed by atoms with Crippen molar-refractivity contribution in [3.05, 3.63) is 88.6 Å². The zero-order chi connectivity index (χ0) is 26.1. The molecular weight excluding hydrogens is 488 g/mol. The summed E-state index contributed by atoms with van der Waals surface area (Å²) in [5.41, 5.74) is 4.92. The van der Waals surface area contributed by atoms with Crippen molar-refractivity contribution in [2.24, 2.45) is 5.92 Å². The first-order valence-electron chi connectivity index (χ1n) is 14.3. The predicted octanol–water partition coefficient (Wildman–Crippen LogP) is 4.80. The van der Waals surface area contributed by atoms with E-state index in [1.807, 2.05) is 18.2 Å². The van der Waals surface area contributed by atoms with Crippen LogP contribution < -0.4 is 4.74 Å². The summed E-state index contributed by atoms with van der Waals surface area (Å²) >= 11 is 0. The number of phenols is 2. The lowest BCUT2D eigenvalue weighted by molar-refractivity contribution is -0.173. The highest BCUT2D eigenvalue weighted by atomic mass is 16.5. The van der Waals surface area contributed by atoms with Crippen LogP contribution in [0.25, 0.3) is 10.9 Å². The zero-order valence-electron chi connectivity index (χ0n) is 21.8. The molecule has 39 heavy (non-hydrogen) atoms. The van der Waals surface area contributed by atoms with E-state index in [0.29, 0.717) is 18.7 Å². The monoisotopic (exact) mass is 520 g/mol. The van der Waals surface area contributed by atoms with Gasteiger partial charge in [0.2, 0.25) is 0 Å². The molecular formula is C33H32N2O4. The van der Waals surface area contributed by atoms with Gasteiger partial charge in [-0.2, -0.15) is 0 Å². The summed E-state index contributed by atoms with van der Waals surface area (Å²) in [5.74, 6) is 1.67. The highest BCUT2D eigenvalue weighted by molar-refractivity contribution is 5.88. The van der Waals surface area contributed by atoms with Gasteiger partial charge < -0.3 is 24.6 Å². The number of hydrogen-bond donors (Lipinski definition) is 3. The number of fused-ring (bicyclic) bond motifs is 4. The number of likely N-dealkylation sites (tertiary alicyclic amines) is 1. The minimum Gasteiger partial charge on any atom is -0.508 e. The number of nitrogens with zero attached hydrogens (tertiary/aromatic N) is 2. The Morgan fingerprint density at radius 3 is 2.67 bits per heavy atom. The molecule has 3 aliphatic carbocycles. The lowest BCUT2D eigenvalue weighted by Crippen LogP contribution is -2.74. The summed E-state index contributed by atoms with van der Waals surface area (Å²) < 4.78 is 9.19. The minimum absolute atomic E-state index is 0.0149. The van der Waals surface area contributed by atoms with Crippen LogP contribution in [0.2, 0.25) is 0 Å². The third kappa shape index (κ3) is 2.74. The molecule has 9 rings (SSSR count). The van der Waals surface area contributed by atoms with Crippen molar-refractivity contribution in [3.63, 3.8) is 0 Å². The SMILES string of the molecule is Oc1ccc2c(c1)c1c(n2Cc2ccccc2)[C@@H]2Oc3c(O)ccc4c3[C@@]23CCN(CC2CC2)[C@H](C4)[C@]3(O)C1. The number of benzene rings is 3. The quantitative estimate of drug-likeness (QED) is 0.360. The summed E-state index contributed by atoms with van der Waals surface area (Å²) in [7, 11) is 0. The molecule has 5 aliphatic rings. The van der Waals surface area contributed by atoms with E-state index in [1.54, 1.807) is 12.1 Å². The first-order chi connectivity index (χ1) is 19.0. The Bertz CT molecular complexity index is 1670. The molecule has 0 radical (unpaired) electrons. The van der Waals surface area contributed by atoms with Gasteiger partial charge in [-0.1, -0.05) is 36.4 Å². The van der Waals surface area contributed by atoms with Gasteiger partial charge in [0.25, 0.3) is 0 Å². The molecule has 1 spiro atoms. The average Bonchev–Trinajstić information content (AvgIpc) is 3.61. The van der Waals surface area contributed by atoms with Gasteiger partial charge >= 0.3 is 0 Å². The van der Waals surface area contributed by atoms with Crippen LogP contribution in [-0.2, 0) is 24.8 Å². The second-order valence-electron chi connectivity index (χ2n) is 12.6. The maximum absolute atomic E-state index is 13.1. The van der Waals surface area contributed by atoms with Crippen molar-refractivity contribution in [2.75, 3.05) is 13.1 Å². The predicted molar refractivity (Wildman–Crippen MR) is 147 cm³/mol. The van der Waals surface area contributed by atoms with Crippen molar-refractivity contribution < 1.29 is 20.1 Å². The number of aromatic nitrogens is 1. The topological polar surface area (TPSA) is 78.1 Å². The van der Waals surface area contributed by atoms with E-state index in [2.05, 4.69) is 39.8 Å². The summed E-state index contributed by atoms with van der Waals surface area (Å²) in [4.78, 5) is 2.55. The largest absolute Gasteiger partial charge is 0.508 e. The number of ether oxygens (including phenoxy) is 1. The maximum atomic E-state index is 13.1. The minimum atomic E-state index is -1.04. The Kier molecular flexibility index (Phi) is 4.23. The van der Waals surface area contributed by atoms with E-state index in [1.165, 1.54) is 24.0 Å². The van der Waals surface area contributed by atoms with Gasteiger partial charge in [0, 0.05) is 42.0 Å². The third-order valence-electron chi connectivity index (χ3n) is 10.6. The molecule has 0 unspecified atom stereocenters. The van der Waals surface area contributed by atoms with Gasteiger partial charge in [0.1, 0.15) is 5.75 Å². The smallest absolute Gasteiger partial charge is 0.166 e. The molecule has 2 fully saturated rings. The van der Waals surface area contributed by atoms with Gasteiger partial charge in [-0.25, -0.2) is 0 Å². The Morgan fingerprint density at radius 1 is 1.00 bits per heavy atom. The Labute approximate surface area is 227 Å². The fourth-order valence-corrected chi connectivity index (χ4v) is 8.78. The molecule has 1 saturated heterocycles. The highest BCUT2D eigenvalue weighted by Gasteiger charge is 2.73. The summed E-state index contributed by atoms with van der Waals surface area (Å²) in [6.45, 7) is 2.63. The van der Waals surface area contributed by atoms with E-state index in [0.717, 1.165) is 59.6 Å². The number of aliphatic hydroxyl groups is 1. The van der Waals surface area contributed by atoms with Gasteiger partial charge in [0.15, 0.2) is 17.6 Å². The lowest BCUT2D eigenvalue weighted by atomic mass is 9.49. The molecule has 3 N–H and O–H groups in total. The first-order valence-corrected chi connectivity index (χ1v) is 14.3. The molecule has 6 nitrogen and oxygen atoms in total. The first kappa shape index (κ1) is 22.3. The van der Waals surface area contributed by atoms with Crippen LogP contribution in [0.15, 0.2) is 60.7 Å². The second kappa shape index (κ2) is 7.38. The molecule has 2 bridgehead atoms. The third-order valence-corrected chi connectivity index (χ3v) is 10.6. The van der Waals surface area contributed by atoms with Crippen LogP contribution in [0.3, 0.4) is 0 Å². The van der Waals surface area contributed by atoms with E-state index >= 15 is 0 Å². The van der Waals surface area contributed by atoms with Crippen LogP contribution in [0.4, 0.5) is 0 Å². The standard InChI is InChI=1S/C33H32N2O4/c36-22-9-10-25-23(15-22)24-16-33(38)27-14-21-8-11-26(37)30-28(21)32(33,12-13-34(27)17-20-6-7-20)31(39-30)29(24)35(25)18-19-4-2-1-3-5-19/h1-5,8-11,15,20,27,31,36-38H,6-7,12-14,16-18H2/t27-,31+,32+,33-/m1/s1. The number of hydrogen-bond acceptors (Lipinski definition) is 5. The van der Waals surface area contributed by atoms with Crippen LogP contribution in [0.1, 0.15) is 53.3 Å². The number of aromatic hydroxyl groups is 2. The van der Waals surface area contributed by atoms with E-state index in [4.69, 9.17) is 4.74 Å². The van der Waals surface area contributed by atoms with Crippen LogP contribution in [0, 0.1) is 5.92 Å². The van der Waals surface area contributed by atoms with Crippen molar-refractivity contribution >= 4 is 10.9 Å². The van der Waals surface area contributed by atoms with Crippen molar-refractivity contribution in [3.8, 4) is 17.2 Å². The van der Waals surface area contributed by atoms with E-state index in [-0.39, 0.29) is 17.5 Å². The Balaban J connectivity index is 1.33. The molecule has 4 atom stereocenters. The molecule has 2 aliphatic heterocycles. The number of rotatable bonds is 4. The average molecular weight is 521 g/mol. The molecule has 1 aromatic heterocycles. The van der Waals surface area contributed by atoms with Gasteiger partial charge in [-0.3, -0.25) is 4.90 Å². The van der Waals surface area contributed by atoms with Crippen molar-refractivity contribution in [1.82, 2.24) is 9.47 Å². The second-order valence-corrected chi connectivity index (χ2v) is 12.6. The van der Waals surface area contributed by atoms with Crippen molar-refractivity contribution in [2.45, 2.75) is 61.8 Å². The van der Waals surface area contributed by atoms with Gasteiger partial charge in [0.05, 0.1) is 16.7 Å². The highest BCUT2D eigenvalue weighted by Crippen LogP contribution is 2.69. The summed E-state index contributed by atoms with van der Waals surface area (Å²) in [5, 5.41) is 35.7. The molecule has 0 amide bonds. The number of phenolic OH excluding ortho intramolecular Hbond substituents is 2. The Morgan fingerprint density at radius 2 is 1.85 bits per heavy atom. The van der Waals surface area contributed by atoms with Crippen molar-refractivity contribution in [1.29, 1.82) is 0 Å². The molecule has 198 valence electrons. The molecule has 1 saturated carbocycles.